The number of benzene rings is 1. The van der Waals surface area contributed by atoms with Crippen molar-refractivity contribution in [3.63, 3.8) is 0 Å². The van der Waals surface area contributed by atoms with Crippen LogP contribution in [-0.4, -0.2) is 23.6 Å². The number of pyridine rings is 1. The lowest BCUT2D eigenvalue weighted by molar-refractivity contribution is -0.274. The number of hydrogen-bond donors (Lipinski definition) is 0. The number of unbranched alkanes of at least 4 members (excludes halogenated alkanes) is 1. The molecule has 1 spiro atoms. The van der Waals surface area contributed by atoms with E-state index in [0.717, 1.165) is 62.8 Å². The summed E-state index contributed by atoms with van der Waals surface area (Å²) in [6, 6.07) is 11.2. The summed E-state index contributed by atoms with van der Waals surface area (Å²) in [6.45, 7) is 2.52. The number of aryl methyl sites for hydroxylation is 2. The molecule has 4 rings (SSSR count). The molecule has 1 aliphatic carbocycles. The van der Waals surface area contributed by atoms with Crippen LogP contribution in [-0.2, 0) is 16.6 Å². The predicted octanol–water partition coefficient (Wildman–Crippen LogP) is 7.06. The van der Waals surface area contributed by atoms with E-state index in [1.54, 1.807) is 13.0 Å². The molecule has 32 heavy (non-hydrogen) atoms. The van der Waals surface area contributed by atoms with Gasteiger partial charge in [-0.1, -0.05) is 37.5 Å². The fraction of sp³-hybridized carbons (Fsp3) is 0.577. The van der Waals surface area contributed by atoms with Crippen molar-refractivity contribution < 1.29 is 22.6 Å². The van der Waals surface area contributed by atoms with Gasteiger partial charge in [0.2, 0.25) is 0 Å². The highest BCUT2D eigenvalue weighted by Crippen LogP contribution is 2.50. The molecule has 1 aromatic carbocycles. The monoisotopic (exact) mass is 447 g/mol. The molecule has 2 aromatic rings. The Bertz CT molecular complexity index is 894. The standard InChI is InChI=1S/C26H32F3NO2/c1-20-10-11-21(22(18-20)32-26(27,28)29)8-2-4-12-24(23-9-3-7-16-30-23)15-17-31-25(19-24)13-5-6-14-25/h3,7,9-11,16,18H,2,4-6,8,12-15,17,19H2,1H3. The Morgan fingerprint density at radius 3 is 2.59 bits per heavy atom. The summed E-state index contributed by atoms with van der Waals surface area (Å²) in [5.41, 5.74) is 2.44. The SMILES string of the molecule is Cc1ccc(CCCCC2(c3ccccn3)CCOC3(CCCC3)C2)c(OC(F)(F)F)c1. The van der Waals surface area contributed by atoms with Crippen molar-refractivity contribution in [3.05, 3.63) is 59.4 Å². The minimum absolute atomic E-state index is 0.0254. The molecular formula is C26H32F3NO2. The number of nitrogens with zero attached hydrogens (tertiary/aromatic N) is 1. The third-order valence-electron chi connectivity index (χ3n) is 7.17. The van der Waals surface area contributed by atoms with E-state index in [1.165, 1.54) is 18.9 Å². The highest BCUT2D eigenvalue weighted by Gasteiger charge is 2.48. The van der Waals surface area contributed by atoms with Crippen LogP contribution in [0.4, 0.5) is 13.2 Å². The Morgan fingerprint density at radius 2 is 1.88 bits per heavy atom. The molecule has 3 nitrogen and oxygen atoms in total. The molecular weight excluding hydrogens is 415 g/mol. The molecule has 2 heterocycles. The summed E-state index contributed by atoms with van der Waals surface area (Å²) >= 11 is 0. The van der Waals surface area contributed by atoms with E-state index in [0.29, 0.717) is 12.0 Å². The Hall–Kier alpha value is -2.08. The van der Waals surface area contributed by atoms with Gasteiger partial charge in [0.25, 0.3) is 0 Å². The summed E-state index contributed by atoms with van der Waals surface area (Å²) in [5, 5.41) is 0. The number of halogens is 3. The van der Waals surface area contributed by atoms with Crippen LogP contribution in [0.3, 0.4) is 0 Å². The molecule has 1 atom stereocenters. The zero-order valence-electron chi connectivity index (χ0n) is 18.7. The number of alkyl halides is 3. The Balaban J connectivity index is 1.45. The summed E-state index contributed by atoms with van der Waals surface area (Å²) in [4.78, 5) is 4.73. The van der Waals surface area contributed by atoms with Crippen LogP contribution in [0.25, 0.3) is 0 Å². The van der Waals surface area contributed by atoms with E-state index in [-0.39, 0.29) is 16.8 Å². The van der Waals surface area contributed by atoms with Gasteiger partial charge in [0, 0.05) is 23.9 Å². The molecule has 2 aliphatic rings. The second-order valence-electron chi connectivity index (χ2n) is 9.53. The van der Waals surface area contributed by atoms with Gasteiger partial charge in [-0.15, -0.1) is 13.2 Å². The van der Waals surface area contributed by atoms with Crippen LogP contribution >= 0.6 is 0 Å². The molecule has 0 radical (unpaired) electrons. The fourth-order valence-electron chi connectivity index (χ4n) is 5.66. The normalized spacial score (nSPS) is 22.9. The average molecular weight is 448 g/mol. The Labute approximate surface area is 188 Å². The summed E-state index contributed by atoms with van der Waals surface area (Å²) in [5.74, 6) is -0.0760. The molecule has 1 saturated carbocycles. The lowest BCUT2D eigenvalue weighted by Gasteiger charge is -2.46. The number of aromatic nitrogens is 1. The van der Waals surface area contributed by atoms with Gasteiger partial charge < -0.3 is 9.47 Å². The second-order valence-corrected chi connectivity index (χ2v) is 9.53. The molecule has 174 valence electrons. The third-order valence-corrected chi connectivity index (χ3v) is 7.17. The van der Waals surface area contributed by atoms with Crippen molar-refractivity contribution in [2.45, 2.75) is 88.5 Å². The van der Waals surface area contributed by atoms with Gasteiger partial charge in [-0.25, -0.2) is 0 Å². The van der Waals surface area contributed by atoms with Crippen LogP contribution < -0.4 is 4.74 Å². The second kappa shape index (κ2) is 9.42. The summed E-state index contributed by atoms with van der Waals surface area (Å²) in [6.07, 6.45) is 7.04. The van der Waals surface area contributed by atoms with Crippen LogP contribution in [0.1, 0.15) is 74.6 Å². The average Bonchev–Trinajstić information content (AvgIpc) is 3.19. The van der Waals surface area contributed by atoms with Gasteiger partial charge in [-0.2, -0.15) is 0 Å². The molecule has 0 amide bonds. The van der Waals surface area contributed by atoms with Crippen molar-refractivity contribution in [1.29, 1.82) is 0 Å². The van der Waals surface area contributed by atoms with Gasteiger partial charge in [0.05, 0.1) is 5.60 Å². The topological polar surface area (TPSA) is 31.4 Å². The van der Waals surface area contributed by atoms with Crippen LogP contribution in [0.5, 0.6) is 5.75 Å². The Morgan fingerprint density at radius 1 is 1.06 bits per heavy atom. The quantitative estimate of drug-likeness (QED) is 0.426. The van der Waals surface area contributed by atoms with Crippen molar-refractivity contribution in [2.75, 3.05) is 6.61 Å². The van der Waals surface area contributed by atoms with Gasteiger partial charge in [0.15, 0.2) is 0 Å². The van der Waals surface area contributed by atoms with E-state index in [2.05, 4.69) is 10.8 Å². The molecule has 1 aromatic heterocycles. The summed E-state index contributed by atoms with van der Waals surface area (Å²) in [7, 11) is 0. The van der Waals surface area contributed by atoms with Gasteiger partial charge >= 0.3 is 6.36 Å². The number of rotatable bonds is 7. The molecule has 0 N–H and O–H groups in total. The fourth-order valence-corrected chi connectivity index (χ4v) is 5.66. The van der Waals surface area contributed by atoms with Crippen LogP contribution in [0.2, 0.25) is 0 Å². The van der Waals surface area contributed by atoms with Crippen molar-refractivity contribution in [1.82, 2.24) is 4.98 Å². The van der Waals surface area contributed by atoms with Crippen molar-refractivity contribution in [2.24, 2.45) is 0 Å². The molecule has 2 fully saturated rings. The van der Waals surface area contributed by atoms with Gasteiger partial charge in [-0.3, -0.25) is 4.98 Å². The molecule has 1 aliphatic heterocycles. The van der Waals surface area contributed by atoms with Crippen molar-refractivity contribution >= 4 is 0 Å². The van der Waals surface area contributed by atoms with Crippen molar-refractivity contribution in [3.8, 4) is 5.75 Å². The predicted molar refractivity (Wildman–Crippen MR) is 118 cm³/mol. The van der Waals surface area contributed by atoms with E-state index in [9.17, 15) is 13.2 Å². The van der Waals surface area contributed by atoms with Crippen LogP contribution in [0, 0.1) is 6.92 Å². The third kappa shape index (κ3) is 5.45. The molecule has 1 unspecified atom stereocenters. The molecule has 6 heteroatoms. The first-order valence-electron chi connectivity index (χ1n) is 11.7. The summed E-state index contributed by atoms with van der Waals surface area (Å²) < 4.78 is 49.1. The lowest BCUT2D eigenvalue weighted by Crippen LogP contribution is -2.46. The van der Waals surface area contributed by atoms with E-state index in [4.69, 9.17) is 9.72 Å². The number of hydrogen-bond acceptors (Lipinski definition) is 3. The lowest BCUT2D eigenvalue weighted by atomic mass is 9.67. The minimum Gasteiger partial charge on any atom is -0.405 e. The highest BCUT2D eigenvalue weighted by molar-refractivity contribution is 5.37. The molecule has 1 saturated heterocycles. The maximum atomic E-state index is 12.8. The van der Waals surface area contributed by atoms with E-state index < -0.39 is 6.36 Å². The maximum absolute atomic E-state index is 12.8. The van der Waals surface area contributed by atoms with E-state index >= 15 is 0 Å². The molecule has 0 bridgehead atoms. The van der Waals surface area contributed by atoms with Gasteiger partial charge in [-0.05, 0) is 81.2 Å². The smallest absolute Gasteiger partial charge is 0.405 e. The maximum Gasteiger partial charge on any atom is 0.573 e. The first kappa shape index (κ1) is 23.1. The minimum atomic E-state index is -4.68. The zero-order valence-corrected chi connectivity index (χ0v) is 18.7. The van der Waals surface area contributed by atoms with Crippen LogP contribution in [0.15, 0.2) is 42.6 Å². The first-order valence-corrected chi connectivity index (χ1v) is 11.7. The largest absolute Gasteiger partial charge is 0.573 e. The zero-order chi connectivity index (χ0) is 22.7. The van der Waals surface area contributed by atoms with E-state index in [1.807, 2.05) is 24.4 Å². The first-order chi connectivity index (χ1) is 15.3. The number of ether oxygens (including phenoxy) is 2. The Kier molecular flexibility index (Phi) is 6.80. The van der Waals surface area contributed by atoms with Gasteiger partial charge in [0.1, 0.15) is 5.75 Å². The highest BCUT2D eigenvalue weighted by atomic mass is 19.4.